The molecule has 2 nitrogen and oxygen atoms in total. The number of anilines is 3. The average molecular weight is 689 g/mol. The number of hydrogen-bond acceptors (Lipinski definition) is 1. The highest BCUT2D eigenvalue weighted by Gasteiger charge is 2.24. The average Bonchev–Trinajstić information content (AvgIpc) is 3.58. The first-order valence-corrected chi connectivity index (χ1v) is 18.5. The fourth-order valence-electron chi connectivity index (χ4n) is 8.21. The van der Waals surface area contributed by atoms with Crippen molar-refractivity contribution in [1.82, 2.24) is 4.57 Å². The molecule has 9 aromatic carbocycles. The highest BCUT2D eigenvalue weighted by atomic mass is 15.1. The third kappa shape index (κ3) is 5.36. The molecule has 10 rings (SSSR count). The third-order valence-corrected chi connectivity index (χ3v) is 10.6. The molecule has 0 aliphatic heterocycles. The SMILES string of the molecule is c1ccc(-c2cccc(N(c3ccc4c5ccccc5n(-c5ccccc5)c4c3)c3ccccc3-c3cccc4ccccc34)c2-c2ccccc2)cc1. The Hall–Kier alpha value is -7.16. The van der Waals surface area contributed by atoms with Crippen molar-refractivity contribution in [3.8, 4) is 39.1 Å². The molecular formula is C52H36N2. The van der Waals surface area contributed by atoms with Gasteiger partial charge in [-0.3, -0.25) is 0 Å². The van der Waals surface area contributed by atoms with Crippen molar-refractivity contribution in [3.63, 3.8) is 0 Å². The predicted molar refractivity (Wildman–Crippen MR) is 229 cm³/mol. The lowest BCUT2D eigenvalue weighted by Crippen LogP contribution is -2.13. The molecule has 54 heavy (non-hydrogen) atoms. The van der Waals surface area contributed by atoms with Crippen LogP contribution < -0.4 is 4.90 Å². The van der Waals surface area contributed by atoms with Crippen LogP contribution >= 0.6 is 0 Å². The van der Waals surface area contributed by atoms with E-state index in [1.807, 2.05) is 0 Å². The van der Waals surface area contributed by atoms with Crippen LogP contribution in [0.3, 0.4) is 0 Å². The zero-order valence-electron chi connectivity index (χ0n) is 29.7. The van der Waals surface area contributed by atoms with Crippen LogP contribution in [0, 0.1) is 0 Å². The Morgan fingerprint density at radius 1 is 0.333 bits per heavy atom. The van der Waals surface area contributed by atoms with Crippen molar-refractivity contribution in [2.45, 2.75) is 0 Å². The molecule has 1 heterocycles. The topological polar surface area (TPSA) is 8.17 Å². The summed E-state index contributed by atoms with van der Waals surface area (Å²) in [5.74, 6) is 0. The maximum Gasteiger partial charge on any atom is 0.0561 e. The number of aromatic nitrogens is 1. The van der Waals surface area contributed by atoms with E-state index in [0.29, 0.717) is 0 Å². The van der Waals surface area contributed by atoms with E-state index in [2.05, 4.69) is 228 Å². The first kappa shape index (κ1) is 31.6. The normalized spacial score (nSPS) is 11.3. The van der Waals surface area contributed by atoms with E-state index in [4.69, 9.17) is 0 Å². The van der Waals surface area contributed by atoms with Gasteiger partial charge in [0, 0.05) is 33.3 Å². The Bertz CT molecular complexity index is 2920. The fourth-order valence-corrected chi connectivity index (χ4v) is 8.21. The van der Waals surface area contributed by atoms with Crippen molar-refractivity contribution in [2.75, 3.05) is 4.90 Å². The summed E-state index contributed by atoms with van der Waals surface area (Å²) in [6.45, 7) is 0. The predicted octanol–water partition coefficient (Wildman–Crippen LogP) is 14.4. The molecule has 0 N–H and O–H groups in total. The van der Waals surface area contributed by atoms with Gasteiger partial charge in [-0.05, 0) is 75.5 Å². The molecule has 0 aliphatic rings. The summed E-state index contributed by atoms with van der Waals surface area (Å²) in [6, 6.07) is 79.0. The van der Waals surface area contributed by atoms with Crippen molar-refractivity contribution >= 4 is 49.6 Å². The van der Waals surface area contributed by atoms with Crippen LogP contribution in [0.4, 0.5) is 17.1 Å². The number of nitrogens with zero attached hydrogens (tertiary/aromatic N) is 2. The minimum atomic E-state index is 1.08. The molecule has 10 aromatic rings. The van der Waals surface area contributed by atoms with Crippen molar-refractivity contribution in [3.05, 3.63) is 218 Å². The molecule has 1 aromatic heterocycles. The van der Waals surface area contributed by atoms with Gasteiger partial charge >= 0.3 is 0 Å². The fraction of sp³-hybridized carbons (Fsp3) is 0. The number of fused-ring (bicyclic) bond motifs is 4. The van der Waals surface area contributed by atoms with Crippen LogP contribution in [0.5, 0.6) is 0 Å². The Balaban J connectivity index is 1.32. The van der Waals surface area contributed by atoms with Crippen LogP contribution in [-0.4, -0.2) is 4.57 Å². The second kappa shape index (κ2) is 13.4. The van der Waals surface area contributed by atoms with E-state index in [1.165, 1.54) is 60.4 Å². The molecular weight excluding hydrogens is 653 g/mol. The molecule has 0 amide bonds. The maximum absolute atomic E-state index is 2.48. The van der Waals surface area contributed by atoms with Gasteiger partial charge in [0.2, 0.25) is 0 Å². The molecule has 0 fully saturated rings. The molecule has 2 heteroatoms. The summed E-state index contributed by atoms with van der Waals surface area (Å²) in [7, 11) is 0. The minimum absolute atomic E-state index is 1.08. The largest absolute Gasteiger partial charge is 0.309 e. The summed E-state index contributed by atoms with van der Waals surface area (Å²) >= 11 is 0. The maximum atomic E-state index is 2.48. The van der Waals surface area contributed by atoms with Crippen LogP contribution in [0.2, 0.25) is 0 Å². The second-order valence-corrected chi connectivity index (χ2v) is 13.7. The Kier molecular flexibility index (Phi) is 7.85. The summed E-state index contributed by atoms with van der Waals surface area (Å²) < 4.78 is 2.40. The molecule has 0 bridgehead atoms. The quantitative estimate of drug-likeness (QED) is 0.162. The van der Waals surface area contributed by atoms with Gasteiger partial charge in [-0.1, -0.05) is 176 Å². The van der Waals surface area contributed by atoms with Crippen molar-refractivity contribution < 1.29 is 0 Å². The van der Waals surface area contributed by atoms with Crippen molar-refractivity contribution in [2.24, 2.45) is 0 Å². The van der Waals surface area contributed by atoms with E-state index >= 15 is 0 Å². The molecule has 0 unspecified atom stereocenters. The monoisotopic (exact) mass is 688 g/mol. The molecule has 254 valence electrons. The van der Waals surface area contributed by atoms with Gasteiger partial charge in [-0.15, -0.1) is 0 Å². The van der Waals surface area contributed by atoms with Gasteiger partial charge in [-0.25, -0.2) is 0 Å². The summed E-state index contributed by atoms with van der Waals surface area (Å²) in [6.07, 6.45) is 0. The second-order valence-electron chi connectivity index (χ2n) is 13.7. The standard InChI is InChI=1S/C52H36N2/c1-4-18-38(19-5-1)43-29-17-33-50(52(43)39-21-6-2-7-22-39)54(48-31-14-12-27-45(48)44-30-16-23-37-20-10-11-26-42(37)44)41-34-35-47-46-28-13-15-32-49(46)53(51(47)36-41)40-24-8-3-9-25-40/h1-36H. The lowest BCUT2D eigenvalue weighted by molar-refractivity contribution is 1.18. The summed E-state index contributed by atoms with van der Waals surface area (Å²) in [4.78, 5) is 2.48. The molecule has 0 spiro atoms. The highest BCUT2D eigenvalue weighted by molar-refractivity contribution is 6.11. The first-order chi connectivity index (χ1) is 26.8. The van der Waals surface area contributed by atoms with Crippen LogP contribution in [0.15, 0.2) is 218 Å². The Morgan fingerprint density at radius 2 is 0.889 bits per heavy atom. The van der Waals surface area contributed by atoms with Crippen molar-refractivity contribution in [1.29, 1.82) is 0 Å². The Labute approximate surface area is 315 Å². The van der Waals surface area contributed by atoms with Gasteiger partial charge in [0.25, 0.3) is 0 Å². The zero-order valence-corrected chi connectivity index (χ0v) is 29.7. The summed E-state index contributed by atoms with van der Waals surface area (Å²) in [5, 5.41) is 4.91. The van der Waals surface area contributed by atoms with Crippen LogP contribution in [-0.2, 0) is 0 Å². The van der Waals surface area contributed by atoms with Gasteiger partial charge in [0.1, 0.15) is 0 Å². The van der Waals surface area contributed by atoms with E-state index in [1.54, 1.807) is 0 Å². The van der Waals surface area contributed by atoms with Gasteiger partial charge in [0.05, 0.1) is 22.4 Å². The number of benzene rings is 9. The number of hydrogen-bond donors (Lipinski definition) is 0. The van der Waals surface area contributed by atoms with E-state index < -0.39 is 0 Å². The van der Waals surface area contributed by atoms with Gasteiger partial charge in [0.15, 0.2) is 0 Å². The van der Waals surface area contributed by atoms with Crippen LogP contribution in [0.25, 0.3) is 71.6 Å². The van der Waals surface area contributed by atoms with E-state index in [9.17, 15) is 0 Å². The Morgan fingerprint density at radius 3 is 1.70 bits per heavy atom. The number of rotatable bonds is 7. The minimum Gasteiger partial charge on any atom is -0.309 e. The molecule has 0 aliphatic carbocycles. The highest BCUT2D eigenvalue weighted by Crippen LogP contribution is 2.49. The lowest BCUT2D eigenvalue weighted by Gasteiger charge is -2.31. The lowest BCUT2D eigenvalue weighted by atomic mass is 9.91. The summed E-state index contributed by atoms with van der Waals surface area (Å²) in [5.41, 5.74) is 13.9. The molecule has 0 atom stereocenters. The van der Waals surface area contributed by atoms with E-state index in [0.717, 1.165) is 28.3 Å². The van der Waals surface area contributed by atoms with Gasteiger partial charge in [-0.2, -0.15) is 0 Å². The zero-order chi connectivity index (χ0) is 35.8. The number of para-hydroxylation sites is 3. The van der Waals surface area contributed by atoms with E-state index in [-0.39, 0.29) is 0 Å². The molecule has 0 saturated carbocycles. The smallest absolute Gasteiger partial charge is 0.0561 e. The van der Waals surface area contributed by atoms with Gasteiger partial charge < -0.3 is 9.47 Å². The molecule has 0 saturated heterocycles. The molecule has 0 radical (unpaired) electrons. The first-order valence-electron chi connectivity index (χ1n) is 18.5. The third-order valence-electron chi connectivity index (χ3n) is 10.6. The van der Waals surface area contributed by atoms with Crippen LogP contribution in [0.1, 0.15) is 0 Å².